The maximum absolute atomic E-state index is 12.9. The Morgan fingerprint density at radius 3 is 2.63 bits per heavy atom. The third-order valence-corrected chi connectivity index (χ3v) is 6.18. The molecule has 3 heterocycles. The Balaban J connectivity index is 1.31. The lowest BCUT2D eigenvalue weighted by Gasteiger charge is -2.34. The van der Waals surface area contributed by atoms with Crippen molar-refractivity contribution in [1.29, 1.82) is 0 Å². The van der Waals surface area contributed by atoms with E-state index < -0.39 is 4.92 Å². The number of carbonyl (C=O) groups excluding carboxylic acids is 1. The number of piperazine rings is 1. The molecule has 10 heteroatoms. The first-order valence-corrected chi connectivity index (χ1v) is 10.7. The molecule has 0 saturated carbocycles. The van der Waals surface area contributed by atoms with Gasteiger partial charge in [-0.2, -0.15) is 4.68 Å². The molecule has 3 aromatic rings. The van der Waals surface area contributed by atoms with Gasteiger partial charge >= 0.3 is 5.82 Å². The quantitative estimate of drug-likeness (QED) is 0.428. The molecule has 1 amide bonds. The maximum Gasteiger partial charge on any atom is 0.389 e. The summed E-state index contributed by atoms with van der Waals surface area (Å²) >= 11 is 7.45. The molecule has 0 bridgehead atoms. The predicted molar refractivity (Wildman–Crippen MR) is 115 cm³/mol. The Labute approximate surface area is 182 Å². The van der Waals surface area contributed by atoms with Gasteiger partial charge in [-0.25, -0.2) is 0 Å². The molecule has 2 aromatic heterocycles. The van der Waals surface area contributed by atoms with E-state index in [4.69, 9.17) is 11.6 Å². The van der Waals surface area contributed by atoms with Crippen molar-refractivity contribution in [2.45, 2.75) is 13.1 Å². The molecule has 4 rings (SSSR count). The van der Waals surface area contributed by atoms with E-state index >= 15 is 0 Å². The minimum atomic E-state index is -0.523. The first-order valence-electron chi connectivity index (χ1n) is 9.49. The Morgan fingerprint density at radius 1 is 1.13 bits per heavy atom. The fourth-order valence-electron chi connectivity index (χ4n) is 3.45. The van der Waals surface area contributed by atoms with Crippen molar-refractivity contribution in [2.75, 3.05) is 26.2 Å². The van der Waals surface area contributed by atoms with Crippen LogP contribution in [-0.2, 0) is 13.1 Å². The number of halogens is 1. The first kappa shape index (κ1) is 20.5. The Bertz CT molecular complexity index is 1060. The number of nitrogens with zero attached hydrogens (tertiary/aromatic N) is 5. The fraction of sp³-hybridized carbons (Fsp3) is 0.300. The number of aromatic nitrogens is 2. The highest BCUT2D eigenvalue weighted by Gasteiger charge is 2.23. The average molecular weight is 446 g/mol. The van der Waals surface area contributed by atoms with E-state index in [9.17, 15) is 14.9 Å². The van der Waals surface area contributed by atoms with Crippen LogP contribution in [-0.4, -0.2) is 56.6 Å². The molecule has 0 aliphatic carbocycles. The lowest BCUT2D eigenvalue weighted by Crippen LogP contribution is -2.48. The van der Waals surface area contributed by atoms with Crippen molar-refractivity contribution in [3.05, 3.63) is 79.1 Å². The van der Waals surface area contributed by atoms with Gasteiger partial charge in [0.2, 0.25) is 0 Å². The molecular formula is C20H20ClN5O3S. The Morgan fingerprint density at radius 2 is 1.93 bits per heavy atom. The van der Waals surface area contributed by atoms with Gasteiger partial charge in [0.05, 0.1) is 28.8 Å². The molecule has 30 heavy (non-hydrogen) atoms. The van der Waals surface area contributed by atoms with E-state index in [1.54, 1.807) is 6.20 Å². The highest BCUT2D eigenvalue weighted by atomic mass is 35.5. The molecule has 1 aliphatic heterocycles. The molecule has 156 valence electrons. The van der Waals surface area contributed by atoms with E-state index in [1.807, 2.05) is 34.5 Å². The SMILES string of the molecule is O=C(c1cc(Cn2ccc([N+](=O)[O-])n2)cs1)N1CCN(Cc2cccc(Cl)c2)CC1. The molecule has 8 nitrogen and oxygen atoms in total. The van der Waals surface area contributed by atoms with Crippen LogP contribution in [0.25, 0.3) is 0 Å². The molecule has 1 saturated heterocycles. The van der Waals surface area contributed by atoms with Crippen LogP contribution >= 0.6 is 22.9 Å². The van der Waals surface area contributed by atoms with E-state index in [-0.39, 0.29) is 11.7 Å². The third kappa shape index (κ3) is 4.86. The maximum atomic E-state index is 12.9. The smallest absolute Gasteiger partial charge is 0.358 e. The van der Waals surface area contributed by atoms with Gasteiger partial charge < -0.3 is 15.0 Å². The lowest BCUT2D eigenvalue weighted by atomic mass is 10.2. The van der Waals surface area contributed by atoms with Crippen LogP contribution in [0.2, 0.25) is 5.02 Å². The highest BCUT2D eigenvalue weighted by Crippen LogP contribution is 2.20. The van der Waals surface area contributed by atoms with Crippen LogP contribution in [0.4, 0.5) is 5.82 Å². The average Bonchev–Trinajstić information content (AvgIpc) is 3.38. The van der Waals surface area contributed by atoms with E-state index in [0.29, 0.717) is 24.5 Å². The van der Waals surface area contributed by atoms with Crippen molar-refractivity contribution in [3.8, 4) is 0 Å². The number of nitro groups is 1. The fourth-order valence-corrected chi connectivity index (χ4v) is 4.54. The van der Waals surface area contributed by atoms with Gasteiger partial charge in [0.15, 0.2) is 0 Å². The van der Waals surface area contributed by atoms with Crippen LogP contribution in [0, 0.1) is 10.1 Å². The molecule has 0 radical (unpaired) electrons. The standard InChI is InChI=1S/C20H20ClN5O3S/c21-17-3-1-2-15(10-17)12-23-6-8-24(9-7-23)20(27)18-11-16(14-30-18)13-25-5-4-19(22-25)26(28)29/h1-5,10-11,14H,6-9,12-13H2. The highest BCUT2D eigenvalue weighted by molar-refractivity contribution is 7.12. The zero-order valence-corrected chi connectivity index (χ0v) is 17.7. The van der Waals surface area contributed by atoms with Crippen LogP contribution in [0.3, 0.4) is 0 Å². The number of hydrogen-bond acceptors (Lipinski definition) is 6. The zero-order chi connectivity index (χ0) is 21.1. The summed E-state index contributed by atoms with van der Waals surface area (Å²) in [5.41, 5.74) is 2.07. The van der Waals surface area contributed by atoms with E-state index in [2.05, 4.69) is 16.1 Å². The minimum absolute atomic E-state index is 0.0279. The molecule has 1 aliphatic rings. The number of hydrogen-bond donors (Lipinski definition) is 0. The minimum Gasteiger partial charge on any atom is -0.358 e. The Kier molecular flexibility index (Phi) is 6.12. The van der Waals surface area contributed by atoms with Gasteiger partial charge in [0, 0.05) is 37.7 Å². The molecule has 0 atom stereocenters. The number of amides is 1. The van der Waals surface area contributed by atoms with E-state index in [1.165, 1.54) is 27.6 Å². The molecule has 1 fully saturated rings. The molecular weight excluding hydrogens is 426 g/mol. The van der Waals surface area contributed by atoms with Crippen LogP contribution < -0.4 is 0 Å². The number of benzene rings is 1. The summed E-state index contributed by atoms with van der Waals surface area (Å²) in [5.74, 6) is -0.155. The van der Waals surface area contributed by atoms with Crippen molar-refractivity contribution in [3.63, 3.8) is 0 Å². The summed E-state index contributed by atoms with van der Waals surface area (Å²) < 4.78 is 1.50. The van der Waals surface area contributed by atoms with Crippen molar-refractivity contribution < 1.29 is 9.72 Å². The Hall–Kier alpha value is -2.75. The van der Waals surface area contributed by atoms with Gasteiger partial charge in [-0.05, 0) is 39.6 Å². The van der Waals surface area contributed by atoms with Gasteiger partial charge in [-0.3, -0.25) is 9.69 Å². The summed E-state index contributed by atoms with van der Waals surface area (Å²) in [4.78, 5) is 28.0. The third-order valence-electron chi connectivity index (χ3n) is 4.98. The van der Waals surface area contributed by atoms with Gasteiger partial charge in [-0.15, -0.1) is 11.3 Å². The van der Waals surface area contributed by atoms with Crippen molar-refractivity contribution in [2.24, 2.45) is 0 Å². The number of carbonyl (C=O) groups is 1. The number of rotatable bonds is 6. The first-order chi connectivity index (χ1) is 14.5. The van der Waals surface area contributed by atoms with Gasteiger partial charge in [0.25, 0.3) is 5.91 Å². The topological polar surface area (TPSA) is 84.5 Å². The van der Waals surface area contributed by atoms with Crippen LogP contribution in [0.1, 0.15) is 20.8 Å². The second-order valence-electron chi connectivity index (χ2n) is 7.15. The van der Waals surface area contributed by atoms with Crippen molar-refractivity contribution >= 4 is 34.7 Å². The van der Waals surface area contributed by atoms with E-state index in [0.717, 1.165) is 30.2 Å². The number of thiophene rings is 1. The summed E-state index contributed by atoms with van der Waals surface area (Å²) in [6, 6.07) is 11.1. The zero-order valence-electron chi connectivity index (χ0n) is 16.1. The summed E-state index contributed by atoms with van der Waals surface area (Å²) in [6.07, 6.45) is 1.57. The molecule has 1 aromatic carbocycles. The molecule has 0 spiro atoms. The second-order valence-corrected chi connectivity index (χ2v) is 8.49. The van der Waals surface area contributed by atoms with Gasteiger partial charge in [-0.1, -0.05) is 23.7 Å². The van der Waals surface area contributed by atoms with Crippen molar-refractivity contribution in [1.82, 2.24) is 19.6 Å². The normalized spacial score (nSPS) is 14.8. The molecule has 0 unspecified atom stereocenters. The summed E-state index contributed by atoms with van der Waals surface area (Å²) in [7, 11) is 0. The largest absolute Gasteiger partial charge is 0.389 e. The monoisotopic (exact) mass is 445 g/mol. The predicted octanol–water partition coefficient (Wildman–Crippen LogP) is 3.51. The summed E-state index contributed by atoms with van der Waals surface area (Å²) in [5, 5.41) is 17.3. The lowest BCUT2D eigenvalue weighted by molar-refractivity contribution is -0.389. The van der Waals surface area contributed by atoms with Crippen LogP contribution in [0.15, 0.2) is 48.0 Å². The van der Waals surface area contributed by atoms with Gasteiger partial charge in [0.1, 0.15) is 0 Å². The summed E-state index contributed by atoms with van der Waals surface area (Å²) in [6.45, 7) is 4.20. The second kappa shape index (κ2) is 8.95. The molecule has 0 N–H and O–H groups in total. The van der Waals surface area contributed by atoms with Crippen LogP contribution in [0.5, 0.6) is 0 Å².